The molecule has 3 N–H and O–H groups in total. The number of fused-ring (bicyclic) bond motifs is 1. The van der Waals surface area contributed by atoms with Crippen LogP contribution in [0.4, 0.5) is 0 Å². The first-order chi connectivity index (χ1) is 9.13. The van der Waals surface area contributed by atoms with E-state index in [0.717, 1.165) is 27.7 Å². The van der Waals surface area contributed by atoms with Crippen molar-refractivity contribution in [2.75, 3.05) is 0 Å². The number of aromatic nitrogens is 4. The number of aromatic amines is 1. The van der Waals surface area contributed by atoms with Gasteiger partial charge in [-0.05, 0) is 24.6 Å². The van der Waals surface area contributed by atoms with Crippen LogP contribution < -0.4 is 5.73 Å². The Morgan fingerprint density at radius 1 is 1.42 bits per heavy atom. The lowest BCUT2D eigenvalue weighted by Gasteiger charge is -1.98. The number of hydrogen-bond donors (Lipinski definition) is 2. The van der Waals surface area contributed by atoms with Crippen molar-refractivity contribution in [2.24, 2.45) is 5.73 Å². The number of primary amides is 1. The fraction of sp³-hybridized carbons (Fsp3) is 0.154. The highest BCUT2D eigenvalue weighted by Crippen LogP contribution is 2.24. The van der Waals surface area contributed by atoms with E-state index in [1.165, 1.54) is 4.68 Å². The minimum absolute atomic E-state index is 0.0903. The zero-order valence-corrected chi connectivity index (χ0v) is 10.4. The minimum Gasteiger partial charge on any atom is -0.368 e. The van der Waals surface area contributed by atoms with Gasteiger partial charge >= 0.3 is 0 Å². The normalized spacial score (nSPS) is 11.0. The molecule has 1 amide bonds. The monoisotopic (exact) mass is 255 g/mol. The molecule has 0 radical (unpaired) electrons. The van der Waals surface area contributed by atoms with Crippen LogP contribution in [0.2, 0.25) is 0 Å². The first-order valence-corrected chi connectivity index (χ1v) is 5.89. The fourth-order valence-electron chi connectivity index (χ4n) is 2.08. The predicted octanol–water partition coefficient (Wildman–Crippen LogP) is 1.22. The molecule has 0 spiro atoms. The number of nitrogens with zero attached hydrogens (tertiary/aromatic N) is 3. The van der Waals surface area contributed by atoms with E-state index < -0.39 is 5.91 Å². The van der Waals surface area contributed by atoms with Gasteiger partial charge in [0.1, 0.15) is 6.54 Å². The molecule has 0 aliphatic carbocycles. The Hall–Kier alpha value is -2.63. The summed E-state index contributed by atoms with van der Waals surface area (Å²) >= 11 is 0. The third-order valence-electron chi connectivity index (χ3n) is 3.03. The minimum atomic E-state index is -0.407. The summed E-state index contributed by atoms with van der Waals surface area (Å²) in [7, 11) is 0. The number of benzene rings is 1. The molecule has 6 nitrogen and oxygen atoms in total. The van der Waals surface area contributed by atoms with E-state index in [1.807, 2.05) is 19.1 Å². The molecular weight excluding hydrogens is 242 g/mol. The lowest BCUT2D eigenvalue weighted by atomic mass is 10.1. The summed E-state index contributed by atoms with van der Waals surface area (Å²) in [6.45, 7) is 2.07. The van der Waals surface area contributed by atoms with Gasteiger partial charge in [0.15, 0.2) is 0 Å². The summed E-state index contributed by atoms with van der Waals surface area (Å²) in [5, 5.41) is 12.3. The van der Waals surface area contributed by atoms with E-state index in [-0.39, 0.29) is 6.54 Å². The zero-order valence-electron chi connectivity index (χ0n) is 10.4. The van der Waals surface area contributed by atoms with Gasteiger partial charge in [0.2, 0.25) is 5.91 Å². The summed E-state index contributed by atoms with van der Waals surface area (Å²) < 4.78 is 1.53. The first kappa shape index (κ1) is 11.5. The van der Waals surface area contributed by atoms with Gasteiger partial charge in [-0.3, -0.25) is 14.6 Å². The molecule has 19 heavy (non-hydrogen) atoms. The maximum Gasteiger partial charge on any atom is 0.239 e. The highest BCUT2D eigenvalue weighted by Gasteiger charge is 2.07. The van der Waals surface area contributed by atoms with E-state index in [2.05, 4.69) is 21.4 Å². The Bertz CT molecular complexity index is 755. The quantitative estimate of drug-likeness (QED) is 0.737. The highest BCUT2D eigenvalue weighted by molar-refractivity contribution is 5.86. The molecule has 0 fully saturated rings. The van der Waals surface area contributed by atoms with Crippen LogP contribution in [0.5, 0.6) is 0 Å². The van der Waals surface area contributed by atoms with Crippen LogP contribution in [0.25, 0.3) is 22.0 Å². The molecule has 0 bridgehead atoms. The van der Waals surface area contributed by atoms with Crippen molar-refractivity contribution in [2.45, 2.75) is 13.5 Å². The van der Waals surface area contributed by atoms with Gasteiger partial charge in [0.05, 0.1) is 11.7 Å². The summed E-state index contributed by atoms with van der Waals surface area (Å²) in [4.78, 5) is 10.8. The maximum atomic E-state index is 10.8. The SMILES string of the molecule is Cc1[nH]nc2ccc(-c3cnn(CC(N)=O)c3)cc12. The number of carbonyl (C=O) groups excluding carboxylic acids is 1. The van der Waals surface area contributed by atoms with Gasteiger partial charge in [-0.2, -0.15) is 10.2 Å². The van der Waals surface area contributed by atoms with Gasteiger partial charge in [-0.25, -0.2) is 0 Å². The number of aryl methyl sites for hydroxylation is 1. The Morgan fingerprint density at radius 2 is 2.26 bits per heavy atom. The second-order valence-electron chi connectivity index (χ2n) is 4.47. The summed E-state index contributed by atoms with van der Waals surface area (Å²) in [5.74, 6) is -0.407. The van der Waals surface area contributed by atoms with Gasteiger partial charge in [0.25, 0.3) is 0 Å². The van der Waals surface area contributed by atoms with E-state index in [1.54, 1.807) is 12.4 Å². The molecule has 0 saturated carbocycles. The van der Waals surface area contributed by atoms with Crippen molar-refractivity contribution in [3.05, 3.63) is 36.3 Å². The summed E-state index contributed by atoms with van der Waals surface area (Å²) in [6.07, 6.45) is 3.53. The van der Waals surface area contributed by atoms with Gasteiger partial charge in [-0.1, -0.05) is 6.07 Å². The molecule has 6 heteroatoms. The zero-order chi connectivity index (χ0) is 13.4. The highest BCUT2D eigenvalue weighted by atomic mass is 16.1. The third kappa shape index (κ3) is 2.08. The van der Waals surface area contributed by atoms with Crippen molar-refractivity contribution in [1.82, 2.24) is 20.0 Å². The van der Waals surface area contributed by atoms with Crippen LogP contribution in [0.1, 0.15) is 5.69 Å². The molecule has 0 unspecified atom stereocenters. The number of hydrogen-bond acceptors (Lipinski definition) is 3. The molecule has 2 heterocycles. The molecule has 0 saturated heterocycles. The van der Waals surface area contributed by atoms with Gasteiger partial charge in [-0.15, -0.1) is 0 Å². The second-order valence-corrected chi connectivity index (χ2v) is 4.47. The van der Waals surface area contributed by atoms with Crippen molar-refractivity contribution in [3.63, 3.8) is 0 Å². The maximum absolute atomic E-state index is 10.8. The second kappa shape index (κ2) is 4.24. The van der Waals surface area contributed by atoms with E-state index in [4.69, 9.17) is 5.73 Å². The van der Waals surface area contributed by atoms with Crippen molar-refractivity contribution < 1.29 is 4.79 Å². The predicted molar refractivity (Wildman–Crippen MR) is 71.2 cm³/mol. The Balaban J connectivity index is 2.01. The topological polar surface area (TPSA) is 89.6 Å². The average Bonchev–Trinajstić information content (AvgIpc) is 2.96. The van der Waals surface area contributed by atoms with Crippen LogP contribution in [-0.2, 0) is 11.3 Å². The molecule has 0 aliphatic rings. The standard InChI is InChI=1S/C13H13N5O/c1-8-11-4-9(2-3-12(11)17-16-8)10-5-15-18(6-10)7-13(14)19/h2-6H,7H2,1H3,(H2,14,19)(H,16,17). The van der Waals surface area contributed by atoms with Crippen molar-refractivity contribution >= 4 is 16.8 Å². The Morgan fingerprint density at radius 3 is 3.05 bits per heavy atom. The van der Waals surface area contributed by atoms with Crippen LogP contribution in [0.15, 0.2) is 30.6 Å². The first-order valence-electron chi connectivity index (χ1n) is 5.89. The number of carbonyl (C=O) groups is 1. The molecular formula is C13H13N5O. The largest absolute Gasteiger partial charge is 0.368 e. The van der Waals surface area contributed by atoms with Gasteiger partial charge < -0.3 is 5.73 Å². The summed E-state index contributed by atoms with van der Waals surface area (Å²) in [5.41, 5.74) is 9.09. The van der Waals surface area contributed by atoms with Crippen LogP contribution in [0, 0.1) is 6.92 Å². The van der Waals surface area contributed by atoms with E-state index in [0.29, 0.717) is 0 Å². The molecule has 0 atom stereocenters. The van der Waals surface area contributed by atoms with E-state index >= 15 is 0 Å². The smallest absolute Gasteiger partial charge is 0.239 e. The van der Waals surface area contributed by atoms with Gasteiger partial charge in [0, 0.05) is 22.8 Å². The molecule has 3 rings (SSSR count). The van der Waals surface area contributed by atoms with E-state index in [9.17, 15) is 4.79 Å². The average molecular weight is 255 g/mol. The molecule has 96 valence electrons. The lowest BCUT2D eigenvalue weighted by Crippen LogP contribution is -2.18. The van der Waals surface area contributed by atoms with Crippen LogP contribution in [0.3, 0.4) is 0 Å². The van der Waals surface area contributed by atoms with Crippen molar-refractivity contribution in [1.29, 1.82) is 0 Å². The number of nitrogens with one attached hydrogen (secondary N) is 1. The number of amides is 1. The number of H-pyrrole nitrogens is 1. The Labute approximate surface area is 109 Å². The molecule has 1 aromatic carbocycles. The Kier molecular flexibility index (Phi) is 2.56. The third-order valence-corrected chi connectivity index (χ3v) is 3.03. The number of rotatable bonds is 3. The molecule has 0 aliphatic heterocycles. The molecule has 3 aromatic rings. The van der Waals surface area contributed by atoms with Crippen molar-refractivity contribution in [3.8, 4) is 11.1 Å². The van der Waals surface area contributed by atoms with Crippen LogP contribution in [-0.4, -0.2) is 25.9 Å². The summed E-state index contributed by atoms with van der Waals surface area (Å²) in [6, 6.07) is 5.99. The fourth-order valence-corrected chi connectivity index (χ4v) is 2.08. The van der Waals surface area contributed by atoms with Crippen LogP contribution >= 0.6 is 0 Å². The lowest BCUT2D eigenvalue weighted by molar-refractivity contribution is -0.118. The number of nitrogens with two attached hydrogens (primary N) is 1. The molecule has 2 aromatic heterocycles.